The van der Waals surface area contributed by atoms with Crippen molar-refractivity contribution in [3.05, 3.63) is 28.2 Å². The molecule has 0 amide bonds. The molecule has 0 aromatic heterocycles. The van der Waals surface area contributed by atoms with Crippen molar-refractivity contribution < 1.29 is 23.4 Å². The van der Waals surface area contributed by atoms with Crippen molar-refractivity contribution in [3.63, 3.8) is 0 Å². The highest BCUT2D eigenvalue weighted by Crippen LogP contribution is 2.25. The summed E-state index contributed by atoms with van der Waals surface area (Å²) in [5, 5.41) is 11.9. The van der Waals surface area contributed by atoms with Crippen molar-refractivity contribution in [2.24, 2.45) is 5.92 Å². The number of hydrogen-bond donors (Lipinski definition) is 2. The summed E-state index contributed by atoms with van der Waals surface area (Å²) in [6.45, 7) is 0.735. The zero-order valence-corrected chi connectivity index (χ0v) is 12.7. The fourth-order valence-corrected chi connectivity index (χ4v) is 2.13. The molecule has 1 atom stereocenters. The molecule has 0 heterocycles. The van der Waals surface area contributed by atoms with Gasteiger partial charge in [0, 0.05) is 16.6 Å². The molecule has 0 saturated heterocycles. The second-order valence-corrected chi connectivity index (χ2v) is 5.49. The standard InChI is InChI=1S/C13H16BrF2NO3/c1-7(2)11(12(18)19)17-6-8-5-9(14)3-4-10(8)20-13(15)16/h3-5,7,11,13,17H,6H2,1-2H3,(H,18,19). The van der Waals surface area contributed by atoms with Crippen molar-refractivity contribution in [1.82, 2.24) is 5.32 Å². The van der Waals surface area contributed by atoms with Crippen LogP contribution in [0.25, 0.3) is 0 Å². The van der Waals surface area contributed by atoms with Crippen LogP contribution in [-0.4, -0.2) is 23.7 Å². The third-order valence-corrected chi connectivity index (χ3v) is 3.18. The molecule has 7 heteroatoms. The van der Waals surface area contributed by atoms with Crippen molar-refractivity contribution in [1.29, 1.82) is 0 Å². The van der Waals surface area contributed by atoms with Gasteiger partial charge in [-0.1, -0.05) is 29.8 Å². The lowest BCUT2D eigenvalue weighted by atomic mass is 10.0. The summed E-state index contributed by atoms with van der Waals surface area (Å²) in [6, 6.07) is 3.86. The molecule has 0 aliphatic rings. The van der Waals surface area contributed by atoms with Gasteiger partial charge in [0.2, 0.25) is 0 Å². The molecule has 1 aromatic rings. The first-order chi connectivity index (χ1) is 9.31. The van der Waals surface area contributed by atoms with E-state index < -0.39 is 18.6 Å². The number of aliphatic carboxylic acids is 1. The molecule has 1 unspecified atom stereocenters. The third kappa shape index (κ3) is 5.05. The Morgan fingerprint density at radius 3 is 2.60 bits per heavy atom. The van der Waals surface area contributed by atoms with Gasteiger partial charge in [-0.15, -0.1) is 0 Å². The Labute approximate surface area is 124 Å². The number of carboxylic acid groups (broad SMARTS) is 1. The second-order valence-electron chi connectivity index (χ2n) is 4.57. The van der Waals surface area contributed by atoms with Gasteiger partial charge in [0.1, 0.15) is 11.8 Å². The molecular weight excluding hydrogens is 336 g/mol. The highest BCUT2D eigenvalue weighted by atomic mass is 79.9. The molecule has 4 nitrogen and oxygen atoms in total. The summed E-state index contributed by atoms with van der Waals surface area (Å²) in [5.41, 5.74) is 0.464. The number of nitrogens with one attached hydrogen (secondary N) is 1. The van der Waals surface area contributed by atoms with Gasteiger partial charge in [0.15, 0.2) is 0 Å². The molecule has 112 valence electrons. The number of carboxylic acids is 1. The first kappa shape index (κ1) is 16.8. The van der Waals surface area contributed by atoms with Gasteiger partial charge in [-0.05, 0) is 24.1 Å². The second kappa shape index (κ2) is 7.54. The summed E-state index contributed by atoms with van der Waals surface area (Å²) < 4.78 is 29.7. The summed E-state index contributed by atoms with van der Waals surface area (Å²) in [6.07, 6.45) is 0. The number of rotatable bonds is 7. The van der Waals surface area contributed by atoms with Crippen LogP contribution in [0.5, 0.6) is 5.75 Å². The lowest BCUT2D eigenvalue weighted by Crippen LogP contribution is -2.40. The minimum atomic E-state index is -2.92. The van der Waals surface area contributed by atoms with E-state index in [1.807, 2.05) is 0 Å². The maximum atomic E-state index is 12.3. The van der Waals surface area contributed by atoms with Crippen LogP contribution in [0.15, 0.2) is 22.7 Å². The van der Waals surface area contributed by atoms with E-state index in [0.717, 1.165) is 0 Å². The first-order valence-corrected chi connectivity index (χ1v) is 6.80. The monoisotopic (exact) mass is 351 g/mol. The molecular formula is C13H16BrF2NO3. The zero-order valence-electron chi connectivity index (χ0n) is 11.1. The summed E-state index contributed by atoms with van der Waals surface area (Å²) in [5.74, 6) is -1.07. The zero-order chi connectivity index (χ0) is 15.3. The first-order valence-electron chi connectivity index (χ1n) is 6.00. The van der Waals surface area contributed by atoms with Crippen LogP contribution in [0.4, 0.5) is 8.78 Å². The quantitative estimate of drug-likeness (QED) is 0.791. The van der Waals surface area contributed by atoms with Crippen LogP contribution < -0.4 is 10.1 Å². The van der Waals surface area contributed by atoms with Gasteiger partial charge in [-0.2, -0.15) is 8.78 Å². The van der Waals surface area contributed by atoms with Gasteiger partial charge in [0.25, 0.3) is 0 Å². The molecule has 1 rings (SSSR count). The van der Waals surface area contributed by atoms with Crippen LogP contribution >= 0.6 is 15.9 Å². The minimum absolute atomic E-state index is 0.0311. The Balaban J connectivity index is 2.84. The smallest absolute Gasteiger partial charge is 0.387 e. The van der Waals surface area contributed by atoms with E-state index in [1.54, 1.807) is 26.0 Å². The maximum Gasteiger partial charge on any atom is 0.387 e. The lowest BCUT2D eigenvalue weighted by molar-refractivity contribution is -0.140. The van der Waals surface area contributed by atoms with E-state index in [1.165, 1.54) is 6.07 Å². The van der Waals surface area contributed by atoms with Crippen molar-refractivity contribution in [3.8, 4) is 5.75 Å². The van der Waals surface area contributed by atoms with E-state index >= 15 is 0 Å². The number of carbonyl (C=O) groups is 1. The number of alkyl halides is 2. The average molecular weight is 352 g/mol. The highest BCUT2D eigenvalue weighted by molar-refractivity contribution is 9.10. The van der Waals surface area contributed by atoms with Crippen molar-refractivity contribution >= 4 is 21.9 Å². The fraction of sp³-hybridized carbons (Fsp3) is 0.462. The predicted octanol–water partition coefficient (Wildman–Crippen LogP) is 3.25. The molecule has 0 radical (unpaired) electrons. The van der Waals surface area contributed by atoms with E-state index in [0.29, 0.717) is 10.0 Å². The van der Waals surface area contributed by atoms with E-state index in [9.17, 15) is 13.6 Å². The number of ether oxygens (including phenoxy) is 1. The molecule has 0 spiro atoms. The van der Waals surface area contributed by atoms with E-state index in [4.69, 9.17) is 5.11 Å². The van der Waals surface area contributed by atoms with Gasteiger partial charge >= 0.3 is 12.6 Å². The van der Waals surface area contributed by atoms with Crippen LogP contribution in [0.2, 0.25) is 0 Å². The SMILES string of the molecule is CC(C)C(NCc1cc(Br)ccc1OC(F)F)C(=O)O. The average Bonchev–Trinajstić information content (AvgIpc) is 2.31. The van der Waals surface area contributed by atoms with Crippen LogP contribution in [0.1, 0.15) is 19.4 Å². The predicted molar refractivity (Wildman–Crippen MR) is 73.9 cm³/mol. The Bertz CT molecular complexity index is 469. The van der Waals surface area contributed by atoms with Gasteiger partial charge in [-0.25, -0.2) is 0 Å². The Kier molecular flexibility index (Phi) is 6.35. The van der Waals surface area contributed by atoms with Crippen molar-refractivity contribution in [2.45, 2.75) is 33.0 Å². The van der Waals surface area contributed by atoms with Crippen molar-refractivity contribution in [2.75, 3.05) is 0 Å². The minimum Gasteiger partial charge on any atom is -0.480 e. The molecule has 0 aliphatic carbocycles. The Morgan fingerprint density at radius 1 is 1.45 bits per heavy atom. The molecule has 2 N–H and O–H groups in total. The molecule has 1 aromatic carbocycles. The molecule has 0 bridgehead atoms. The van der Waals surface area contributed by atoms with Gasteiger partial charge in [0.05, 0.1) is 0 Å². The molecule has 0 aliphatic heterocycles. The summed E-state index contributed by atoms with van der Waals surface area (Å²) >= 11 is 3.24. The van der Waals surface area contributed by atoms with E-state index in [-0.39, 0.29) is 18.2 Å². The number of benzene rings is 1. The van der Waals surface area contributed by atoms with Crippen LogP contribution in [0, 0.1) is 5.92 Å². The summed E-state index contributed by atoms with van der Waals surface area (Å²) in [7, 11) is 0. The number of hydrogen-bond acceptors (Lipinski definition) is 3. The summed E-state index contributed by atoms with van der Waals surface area (Å²) in [4.78, 5) is 11.1. The molecule has 0 saturated carbocycles. The maximum absolute atomic E-state index is 12.3. The lowest BCUT2D eigenvalue weighted by Gasteiger charge is -2.19. The Morgan fingerprint density at radius 2 is 2.10 bits per heavy atom. The fourth-order valence-electron chi connectivity index (χ4n) is 1.73. The largest absolute Gasteiger partial charge is 0.480 e. The van der Waals surface area contributed by atoms with Crippen LogP contribution in [-0.2, 0) is 11.3 Å². The topological polar surface area (TPSA) is 58.6 Å². The van der Waals surface area contributed by atoms with Crippen LogP contribution in [0.3, 0.4) is 0 Å². The Hall–Kier alpha value is -1.21. The van der Waals surface area contributed by atoms with Gasteiger partial charge < -0.3 is 9.84 Å². The molecule has 0 fully saturated rings. The highest BCUT2D eigenvalue weighted by Gasteiger charge is 2.21. The van der Waals surface area contributed by atoms with Gasteiger partial charge in [-0.3, -0.25) is 10.1 Å². The van der Waals surface area contributed by atoms with E-state index in [2.05, 4.69) is 26.0 Å². The third-order valence-electron chi connectivity index (χ3n) is 2.68. The normalized spacial score (nSPS) is 12.8. The number of halogens is 3. The molecule has 20 heavy (non-hydrogen) atoms.